The molecule has 0 nitrogen and oxygen atoms in total. The van der Waals surface area contributed by atoms with E-state index in [4.69, 9.17) is 0 Å². The number of halogens is 4. The van der Waals surface area contributed by atoms with Crippen LogP contribution in [0.4, 0.5) is 17.6 Å². The molecule has 0 N–H and O–H groups in total. The molecule has 0 aromatic heterocycles. The topological polar surface area (TPSA) is 0 Å². The zero-order valence-corrected chi connectivity index (χ0v) is 15.2. The third kappa shape index (κ3) is 5.90. The Bertz CT molecular complexity index is 493. The molecule has 0 aliphatic rings. The van der Waals surface area contributed by atoms with Crippen LogP contribution in [0.3, 0.4) is 0 Å². The third-order valence-electron chi connectivity index (χ3n) is 2.45. The second-order valence-corrected chi connectivity index (χ2v) is 5.45. The summed E-state index contributed by atoms with van der Waals surface area (Å²) in [6, 6.07) is 6.70. The molecule has 0 amide bonds. The van der Waals surface area contributed by atoms with Crippen LogP contribution >= 0.6 is 0 Å². The number of benzene rings is 2. The lowest BCUT2D eigenvalue weighted by Gasteiger charge is -2.06. The van der Waals surface area contributed by atoms with E-state index >= 15 is 0 Å². The molecule has 23 heavy (non-hydrogen) atoms. The molecule has 0 aliphatic carbocycles. The summed E-state index contributed by atoms with van der Waals surface area (Å²) < 4.78 is 54.3. The zero-order chi connectivity index (χ0) is 17.3. The number of rotatable bonds is 2. The van der Waals surface area contributed by atoms with Gasteiger partial charge in [0.1, 0.15) is 6.26 Å². The molecule has 5 heteroatoms. The summed E-state index contributed by atoms with van der Waals surface area (Å²) in [7, 11) is -1.34. The van der Waals surface area contributed by atoms with Crippen LogP contribution in [-0.2, 0) is 10.9 Å². The first kappa shape index (κ1) is 23.8. The van der Waals surface area contributed by atoms with Gasteiger partial charge >= 0.3 is 0 Å². The highest BCUT2D eigenvalue weighted by Gasteiger charge is 2.33. The Balaban J connectivity index is 0. The molecule has 0 spiro atoms. The van der Waals surface area contributed by atoms with Crippen molar-refractivity contribution in [2.24, 2.45) is 0 Å². The molecule has 0 heterocycles. The minimum Gasteiger partial charge on any atom is -0.358 e. The van der Waals surface area contributed by atoms with Gasteiger partial charge in [0.25, 0.3) is 0 Å². The maximum Gasteiger partial charge on any atom is 0.231 e. The molecular weight excluding hydrogens is 324 g/mol. The maximum atomic E-state index is 13.6. The highest BCUT2D eigenvalue weighted by Crippen LogP contribution is 2.29. The van der Waals surface area contributed by atoms with Crippen LogP contribution < -0.4 is 0 Å². The molecule has 0 fully saturated rings. The molecule has 0 aliphatic heterocycles. The molecule has 130 valence electrons. The molecule has 0 atom stereocenters. The fraction of sp³-hybridized carbons (Fsp3) is 0.278. The SMILES string of the molecule is CC.CC.C[S+](c1c(F)cccc1F)c1c(F)cccc1F.[CH3-]. The van der Waals surface area contributed by atoms with Gasteiger partial charge in [0.2, 0.25) is 9.79 Å². The van der Waals surface area contributed by atoms with Crippen LogP contribution in [0.5, 0.6) is 0 Å². The summed E-state index contributed by atoms with van der Waals surface area (Å²) >= 11 is 0. The first-order valence-electron chi connectivity index (χ1n) is 7.06. The summed E-state index contributed by atoms with van der Waals surface area (Å²) in [5.74, 6) is -3.21. The fourth-order valence-corrected chi connectivity index (χ4v) is 3.30. The predicted octanol–water partition coefficient (Wildman–Crippen LogP) is 6.41. The van der Waals surface area contributed by atoms with Crippen LogP contribution in [0.25, 0.3) is 0 Å². The van der Waals surface area contributed by atoms with E-state index in [9.17, 15) is 17.6 Å². The van der Waals surface area contributed by atoms with Crippen molar-refractivity contribution in [3.8, 4) is 0 Å². The molecule has 0 saturated carbocycles. The summed E-state index contributed by atoms with van der Waals surface area (Å²) in [6.45, 7) is 8.00. The molecule has 0 saturated heterocycles. The second kappa shape index (κ2) is 12.0. The first-order valence-corrected chi connectivity index (χ1v) is 8.69. The average molecular weight is 348 g/mol. The van der Waals surface area contributed by atoms with Crippen molar-refractivity contribution in [1.29, 1.82) is 0 Å². The Kier molecular flexibility index (Phi) is 12.4. The van der Waals surface area contributed by atoms with Gasteiger partial charge in [-0.05, 0) is 24.3 Å². The van der Waals surface area contributed by atoms with Crippen LogP contribution in [0.2, 0.25) is 0 Å². The van der Waals surface area contributed by atoms with Gasteiger partial charge in [-0.15, -0.1) is 0 Å². The molecular formula is C18H24F4S. The monoisotopic (exact) mass is 348 g/mol. The van der Waals surface area contributed by atoms with Crippen LogP contribution in [0.15, 0.2) is 46.2 Å². The van der Waals surface area contributed by atoms with Gasteiger partial charge < -0.3 is 7.43 Å². The van der Waals surface area contributed by atoms with E-state index in [1.807, 2.05) is 27.7 Å². The van der Waals surface area contributed by atoms with Gasteiger partial charge in [-0.2, -0.15) is 0 Å². The summed E-state index contributed by atoms with van der Waals surface area (Å²) in [5.41, 5.74) is 0. The molecule has 0 bridgehead atoms. The van der Waals surface area contributed by atoms with Gasteiger partial charge in [0, 0.05) is 0 Å². The number of hydrogen-bond acceptors (Lipinski definition) is 0. The molecule has 0 unspecified atom stereocenters. The van der Waals surface area contributed by atoms with Crippen molar-refractivity contribution < 1.29 is 17.6 Å². The normalized spacial score (nSPS) is 9.13. The fourth-order valence-electron chi connectivity index (χ4n) is 1.65. The van der Waals surface area contributed by atoms with Crippen molar-refractivity contribution in [3.63, 3.8) is 0 Å². The van der Waals surface area contributed by atoms with Gasteiger partial charge in [-0.1, -0.05) is 39.8 Å². The van der Waals surface area contributed by atoms with Gasteiger partial charge in [0.05, 0.1) is 10.9 Å². The highest BCUT2D eigenvalue weighted by molar-refractivity contribution is 7.96. The van der Waals surface area contributed by atoms with E-state index in [-0.39, 0.29) is 17.2 Å². The average Bonchev–Trinajstić information content (AvgIpc) is 2.51. The Hall–Kier alpha value is -1.49. The summed E-state index contributed by atoms with van der Waals surface area (Å²) in [4.78, 5) is -0.608. The lowest BCUT2D eigenvalue weighted by atomic mass is 10.3. The lowest BCUT2D eigenvalue weighted by molar-refractivity contribution is 0.529. The van der Waals surface area contributed by atoms with Crippen LogP contribution in [0.1, 0.15) is 27.7 Å². The molecule has 0 radical (unpaired) electrons. The van der Waals surface area contributed by atoms with E-state index in [1.54, 1.807) is 0 Å². The smallest absolute Gasteiger partial charge is 0.231 e. The van der Waals surface area contributed by atoms with Gasteiger partial charge in [-0.25, -0.2) is 17.6 Å². The van der Waals surface area contributed by atoms with E-state index in [0.717, 1.165) is 24.3 Å². The van der Waals surface area contributed by atoms with E-state index in [2.05, 4.69) is 0 Å². The predicted molar refractivity (Wildman–Crippen MR) is 91.6 cm³/mol. The van der Waals surface area contributed by atoms with Crippen LogP contribution in [-0.4, -0.2) is 6.26 Å². The second-order valence-electron chi connectivity index (χ2n) is 3.61. The van der Waals surface area contributed by atoms with Crippen LogP contribution in [0, 0.1) is 30.7 Å². The Morgan fingerprint density at radius 1 is 0.609 bits per heavy atom. The van der Waals surface area contributed by atoms with E-state index in [0.29, 0.717) is 0 Å². The minimum absolute atomic E-state index is 0. The molecule has 2 rings (SSSR count). The summed E-state index contributed by atoms with van der Waals surface area (Å²) in [6.07, 6.45) is 1.39. The molecule has 2 aromatic carbocycles. The summed E-state index contributed by atoms with van der Waals surface area (Å²) in [5, 5.41) is 0. The maximum absolute atomic E-state index is 13.6. The van der Waals surface area contributed by atoms with E-state index < -0.39 is 34.2 Å². The van der Waals surface area contributed by atoms with Gasteiger partial charge in [-0.3, -0.25) is 0 Å². The van der Waals surface area contributed by atoms with Crippen molar-refractivity contribution >= 4 is 10.9 Å². The minimum atomic E-state index is -1.34. The largest absolute Gasteiger partial charge is 0.358 e. The lowest BCUT2D eigenvalue weighted by Crippen LogP contribution is -2.10. The highest BCUT2D eigenvalue weighted by atomic mass is 32.2. The van der Waals surface area contributed by atoms with Crippen molar-refractivity contribution in [3.05, 3.63) is 67.1 Å². The zero-order valence-electron chi connectivity index (χ0n) is 14.4. The Morgan fingerprint density at radius 3 is 1.04 bits per heavy atom. The molecule has 2 aromatic rings. The van der Waals surface area contributed by atoms with Crippen molar-refractivity contribution in [2.75, 3.05) is 6.26 Å². The van der Waals surface area contributed by atoms with Crippen molar-refractivity contribution in [2.45, 2.75) is 37.5 Å². The third-order valence-corrected chi connectivity index (χ3v) is 4.46. The van der Waals surface area contributed by atoms with Crippen molar-refractivity contribution in [1.82, 2.24) is 0 Å². The first-order chi connectivity index (χ1) is 10.5. The van der Waals surface area contributed by atoms with Gasteiger partial charge in [0.15, 0.2) is 23.3 Å². The Morgan fingerprint density at radius 2 is 0.826 bits per heavy atom. The standard InChI is InChI=1S/C13H9F4S.2C2H6.CH3/c1-18(12-8(14)4-2-5-9(12)15)13-10(16)6-3-7-11(13)17;2*1-2;/h2-7H,1H3;2*1-2H3;1H3/q+1;;;-1. The Labute approximate surface area is 139 Å². The number of hydrogen-bond donors (Lipinski definition) is 0. The van der Waals surface area contributed by atoms with E-state index in [1.165, 1.54) is 18.4 Å². The quantitative estimate of drug-likeness (QED) is 0.334.